The summed E-state index contributed by atoms with van der Waals surface area (Å²) in [6, 6.07) is 12.5. The van der Waals surface area contributed by atoms with E-state index in [1.807, 2.05) is 34.1 Å². The maximum atomic E-state index is 13.6. The molecule has 7 rings (SSSR count). The summed E-state index contributed by atoms with van der Waals surface area (Å²) < 4.78 is 46.8. The van der Waals surface area contributed by atoms with Gasteiger partial charge in [0.15, 0.2) is 5.75 Å². The predicted octanol–water partition coefficient (Wildman–Crippen LogP) is 5.38. The van der Waals surface area contributed by atoms with Gasteiger partial charge in [0.05, 0.1) is 23.5 Å². The number of rotatable bonds is 7. The van der Waals surface area contributed by atoms with E-state index in [0.29, 0.717) is 53.2 Å². The summed E-state index contributed by atoms with van der Waals surface area (Å²) in [5, 5.41) is 9.89. The van der Waals surface area contributed by atoms with Crippen LogP contribution < -0.4 is 25.8 Å². The van der Waals surface area contributed by atoms with Crippen molar-refractivity contribution in [2.75, 3.05) is 56.5 Å². The van der Waals surface area contributed by atoms with Crippen LogP contribution in [0.5, 0.6) is 5.75 Å². The number of hydrogen-bond acceptors (Lipinski definition) is 9. The molecular weight excluding hydrogens is 783 g/mol. The van der Waals surface area contributed by atoms with Gasteiger partial charge in [0.1, 0.15) is 4.47 Å². The lowest BCUT2D eigenvalue weighted by Crippen LogP contribution is -2.48. The monoisotopic (exact) mass is 827 g/mol. The number of hydrogen-bond donors (Lipinski definition) is 2. The number of carbonyl (C=O) groups excluding carboxylic acids is 3. The van der Waals surface area contributed by atoms with E-state index < -0.39 is 24.1 Å². The van der Waals surface area contributed by atoms with Gasteiger partial charge in [-0.3, -0.25) is 24.5 Å². The van der Waals surface area contributed by atoms with Crippen molar-refractivity contribution in [1.29, 1.82) is 0 Å². The van der Waals surface area contributed by atoms with Gasteiger partial charge in [-0.25, -0.2) is 4.68 Å². The number of alkyl halides is 3. The van der Waals surface area contributed by atoms with E-state index in [2.05, 4.69) is 48.3 Å². The molecule has 5 heterocycles. The molecule has 4 aliphatic rings. The molecule has 1 unspecified atom stereocenters. The quantitative estimate of drug-likeness (QED) is 0.302. The second kappa shape index (κ2) is 15.6. The van der Waals surface area contributed by atoms with Crippen LogP contribution in [-0.4, -0.2) is 96.0 Å². The standard InChI is InChI=1S/C39H45BrF3N7O5/c1-47-22-27(19-28(23-47)45-30-21-44-48(2)37(54)34(30)40)24-3-5-25(6-4-24)36(53)50-17-13-38(14-18-50)11-15-49(16-12-38)31-9-7-26(20-32(31)55-39(41,42)43)29-8-10-33(51)46-35(29)52/h3-7,9,20-21,27-29,45H,8,10-19,22-23H2,1-2H3,(H,46,51,52)/t27-,28+,29?/m0/s1. The first-order valence-corrected chi connectivity index (χ1v) is 19.5. The van der Waals surface area contributed by atoms with Gasteiger partial charge in [0.2, 0.25) is 11.8 Å². The van der Waals surface area contributed by atoms with Gasteiger partial charge >= 0.3 is 6.36 Å². The summed E-state index contributed by atoms with van der Waals surface area (Å²) >= 11 is 3.41. The summed E-state index contributed by atoms with van der Waals surface area (Å²) in [5.74, 6) is -1.77. The highest BCUT2D eigenvalue weighted by Gasteiger charge is 2.41. The maximum absolute atomic E-state index is 13.6. The predicted molar refractivity (Wildman–Crippen MR) is 203 cm³/mol. The molecule has 0 radical (unpaired) electrons. The summed E-state index contributed by atoms with van der Waals surface area (Å²) in [6.45, 7) is 3.97. The molecule has 0 saturated carbocycles. The number of carbonyl (C=O) groups is 3. The van der Waals surface area contributed by atoms with Gasteiger partial charge in [-0.2, -0.15) is 5.10 Å². The van der Waals surface area contributed by atoms with E-state index in [-0.39, 0.29) is 47.4 Å². The Morgan fingerprint density at radius 3 is 2.31 bits per heavy atom. The smallest absolute Gasteiger partial charge is 0.404 e. The molecule has 4 aliphatic heterocycles. The fourth-order valence-corrected chi connectivity index (χ4v) is 9.18. The molecule has 3 atom stereocenters. The van der Waals surface area contributed by atoms with Crippen molar-refractivity contribution < 1.29 is 32.3 Å². The number of anilines is 2. The minimum Gasteiger partial charge on any atom is -0.404 e. The number of aryl methyl sites for hydroxylation is 1. The van der Waals surface area contributed by atoms with Gasteiger partial charge in [-0.15, -0.1) is 13.2 Å². The molecule has 12 nitrogen and oxygen atoms in total. The van der Waals surface area contributed by atoms with Crippen molar-refractivity contribution >= 4 is 45.0 Å². The lowest BCUT2D eigenvalue weighted by Gasteiger charge is -2.47. The molecule has 2 aromatic carbocycles. The van der Waals surface area contributed by atoms with Crippen molar-refractivity contribution in [3.8, 4) is 5.75 Å². The molecule has 3 aromatic rings. The van der Waals surface area contributed by atoms with E-state index in [1.54, 1.807) is 25.4 Å². The van der Waals surface area contributed by atoms with E-state index >= 15 is 0 Å². The Morgan fingerprint density at radius 1 is 0.964 bits per heavy atom. The van der Waals surface area contributed by atoms with Crippen LogP contribution in [0.4, 0.5) is 24.5 Å². The van der Waals surface area contributed by atoms with Crippen LogP contribution in [0.15, 0.2) is 57.9 Å². The van der Waals surface area contributed by atoms with Gasteiger partial charge < -0.3 is 24.8 Å². The van der Waals surface area contributed by atoms with Crippen LogP contribution in [0.2, 0.25) is 0 Å². The Balaban J connectivity index is 0.942. The highest BCUT2D eigenvalue weighted by atomic mass is 79.9. The number of ether oxygens (including phenoxy) is 1. The van der Waals surface area contributed by atoms with Crippen LogP contribution in [0.3, 0.4) is 0 Å². The van der Waals surface area contributed by atoms with Crippen LogP contribution >= 0.6 is 15.9 Å². The fourth-order valence-electron chi connectivity index (χ4n) is 8.71. The van der Waals surface area contributed by atoms with E-state index in [9.17, 15) is 32.3 Å². The molecule has 16 heteroatoms. The zero-order chi connectivity index (χ0) is 39.1. The number of halogens is 4. The summed E-state index contributed by atoms with van der Waals surface area (Å²) in [6.07, 6.45) is 1.10. The second-order valence-electron chi connectivity index (χ2n) is 15.5. The SMILES string of the molecule is CN1C[C@H](Nc2cnn(C)c(=O)c2Br)C[C@H](c2ccc(C(=O)N3CCC4(CC3)CCN(c3ccc(C5CCC(=O)NC5=O)cc3OC(F)(F)F)CC4)cc2)C1. The van der Waals surface area contributed by atoms with Crippen molar-refractivity contribution in [3.63, 3.8) is 0 Å². The van der Waals surface area contributed by atoms with Crippen LogP contribution in [0.25, 0.3) is 0 Å². The second-order valence-corrected chi connectivity index (χ2v) is 16.3. The zero-order valence-corrected chi connectivity index (χ0v) is 32.4. The molecule has 4 fully saturated rings. The topological polar surface area (TPSA) is 129 Å². The average Bonchev–Trinajstić information content (AvgIpc) is 3.15. The van der Waals surface area contributed by atoms with Gasteiger partial charge in [0, 0.05) is 64.3 Å². The highest BCUT2D eigenvalue weighted by molar-refractivity contribution is 9.10. The van der Waals surface area contributed by atoms with Gasteiger partial charge in [-0.05, 0) is 108 Å². The third-order valence-corrected chi connectivity index (χ3v) is 12.6. The number of amides is 3. The molecule has 2 N–H and O–H groups in total. The van der Waals surface area contributed by atoms with Gasteiger partial charge in [-0.1, -0.05) is 18.2 Å². The number of piperidine rings is 4. The van der Waals surface area contributed by atoms with Crippen molar-refractivity contribution in [2.24, 2.45) is 12.5 Å². The van der Waals surface area contributed by atoms with Gasteiger partial charge in [0.25, 0.3) is 11.5 Å². The first-order chi connectivity index (χ1) is 26.2. The molecule has 0 aliphatic carbocycles. The number of nitrogens with one attached hydrogen (secondary N) is 2. The minimum atomic E-state index is -4.91. The number of imide groups is 1. The number of benzene rings is 2. The first kappa shape index (κ1) is 38.8. The molecule has 1 aromatic heterocycles. The lowest BCUT2D eigenvalue weighted by molar-refractivity contribution is -0.274. The Kier molecular flexibility index (Phi) is 11.0. The Bertz CT molecular complexity index is 1990. The van der Waals surface area contributed by atoms with E-state index in [1.165, 1.54) is 10.7 Å². The first-order valence-electron chi connectivity index (χ1n) is 18.7. The van der Waals surface area contributed by atoms with E-state index in [4.69, 9.17) is 0 Å². The van der Waals surface area contributed by atoms with Crippen molar-refractivity contribution in [2.45, 2.75) is 69.2 Å². The summed E-state index contributed by atoms with van der Waals surface area (Å²) in [4.78, 5) is 56.1. The summed E-state index contributed by atoms with van der Waals surface area (Å²) in [5.41, 5.74) is 2.94. The van der Waals surface area contributed by atoms with Crippen molar-refractivity contribution in [3.05, 3.63) is 80.2 Å². The Hall–Kier alpha value is -4.44. The largest absolute Gasteiger partial charge is 0.573 e. The molecule has 55 heavy (non-hydrogen) atoms. The third-order valence-electron chi connectivity index (χ3n) is 11.8. The number of likely N-dealkylation sites (N-methyl/N-ethyl adjacent to an activating group) is 1. The van der Waals surface area contributed by atoms with Crippen molar-refractivity contribution in [1.82, 2.24) is 24.9 Å². The highest BCUT2D eigenvalue weighted by Crippen LogP contribution is 2.45. The minimum absolute atomic E-state index is 0.00723. The maximum Gasteiger partial charge on any atom is 0.573 e. The number of likely N-dealkylation sites (tertiary alicyclic amines) is 2. The summed E-state index contributed by atoms with van der Waals surface area (Å²) in [7, 11) is 3.69. The van der Waals surface area contributed by atoms with Crippen LogP contribution in [-0.2, 0) is 16.6 Å². The van der Waals surface area contributed by atoms with Crippen LogP contribution in [0, 0.1) is 5.41 Å². The normalized spacial score (nSPS) is 23.4. The van der Waals surface area contributed by atoms with Crippen LogP contribution in [0.1, 0.15) is 78.3 Å². The molecule has 1 spiro atoms. The Morgan fingerprint density at radius 2 is 1.64 bits per heavy atom. The zero-order valence-electron chi connectivity index (χ0n) is 30.8. The molecule has 294 valence electrons. The third kappa shape index (κ3) is 8.69. The molecule has 3 amide bonds. The number of nitrogens with zero attached hydrogens (tertiary/aromatic N) is 5. The molecule has 0 bridgehead atoms. The van der Waals surface area contributed by atoms with E-state index in [0.717, 1.165) is 50.8 Å². The molecular formula is C39H45BrF3N7O5. The fraction of sp³-hybridized carbons (Fsp3) is 0.513. The Labute approximate surface area is 325 Å². The number of aromatic nitrogens is 2. The average molecular weight is 829 g/mol. The molecule has 4 saturated heterocycles. The lowest BCUT2D eigenvalue weighted by atomic mass is 9.71.